The van der Waals surface area contributed by atoms with Crippen LogP contribution in [0.3, 0.4) is 0 Å². The van der Waals surface area contributed by atoms with E-state index in [4.69, 9.17) is 5.11 Å². The minimum absolute atomic E-state index is 0.114. The number of anilines is 1. The number of amides is 1. The van der Waals surface area contributed by atoms with Crippen molar-refractivity contribution in [3.05, 3.63) is 17.5 Å². The van der Waals surface area contributed by atoms with E-state index in [2.05, 4.69) is 10.3 Å². The number of hydrogen-bond donors (Lipinski definition) is 3. The molecule has 0 aliphatic carbocycles. The molecule has 1 amide bonds. The topological polar surface area (TPSA) is 85.4 Å². The molecule has 0 aliphatic heterocycles. The number of H-pyrrole nitrogens is 1. The van der Waals surface area contributed by atoms with E-state index in [9.17, 15) is 9.59 Å². The van der Waals surface area contributed by atoms with Gasteiger partial charge in [-0.3, -0.25) is 4.79 Å². The van der Waals surface area contributed by atoms with E-state index in [1.807, 2.05) is 19.0 Å². The van der Waals surface area contributed by atoms with Gasteiger partial charge in [0.2, 0.25) is 5.91 Å². The number of rotatable bonds is 5. The van der Waals surface area contributed by atoms with Gasteiger partial charge < -0.3 is 20.3 Å². The maximum Gasteiger partial charge on any atom is 0.339 e. The summed E-state index contributed by atoms with van der Waals surface area (Å²) in [5, 5.41) is 11.6. The van der Waals surface area contributed by atoms with Crippen molar-refractivity contribution in [3.63, 3.8) is 0 Å². The van der Waals surface area contributed by atoms with Gasteiger partial charge in [0, 0.05) is 24.9 Å². The normalized spacial score (nSPS) is 10.6. The minimum Gasteiger partial charge on any atom is -0.478 e. The Balaban J connectivity index is 2.69. The van der Waals surface area contributed by atoms with Crippen molar-refractivity contribution in [1.82, 2.24) is 9.88 Å². The van der Waals surface area contributed by atoms with E-state index in [1.54, 1.807) is 6.92 Å². The summed E-state index contributed by atoms with van der Waals surface area (Å²) in [6.45, 7) is 2.27. The zero-order valence-electron chi connectivity index (χ0n) is 10.2. The first-order chi connectivity index (χ1) is 7.91. The van der Waals surface area contributed by atoms with Crippen LogP contribution < -0.4 is 5.32 Å². The average Bonchev–Trinajstić information content (AvgIpc) is 2.56. The zero-order chi connectivity index (χ0) is 13.0. The number of carbonyl (C=O) groups excluding carboxylic acids is 1. The van der Waals surface area contributed by atoms with E-state index in [-0.39, 0.29) is 11.5 Å². The highest BCUT2D eigenvalue weighted by atomic mass is 16.4. The molecule has 0 radical (unpaired) electrons. The van der Waals surface area contributed by atoms with Crippen LogP contribution in [0.25, 0.3) is 0 Å². The summed E-state index contributed by atoms with van der Waals surface area (Å²) in [4.78, 5) is 27.2. The Hall–Kier alpha value is -1.82. The van der Waals surface area contributed by atoms with Crippen molar-refractivity contribution in [1.29, 1.82) is 0 Å². The van der Waals surface area contributed by atoms with Crippen LogP contribution >= 0.6 is 0 Å². The second kappa shape index (κ2) is 5.49. The number of nitrogens with zero attached hydrogens (tertiary/aromatic N) is 1. The highest BCUT2D eigenvalue weighted by Gasteiger charge is 2.16. The number of aromatic nitrogens is 1. The summed E-state index contributed by atoms with van der Waals surface area (Å²) in [7, 11) is 3.74. The van der Waals surface area contributed by atoms with Gasteiger partial charge in [0.15, 0.2) is 0 Å². The van der Waals surface area contributed by atoms with Crippen molar-refractivity contribution in [2.75, 3.05) is 26.0 Å². The lowest BCUT2D eigenvalue weighted by Gasteiger charge is -2.09. The van der Waals surface area contributed by atoms with Crippen molar-refractivity contribution < 1.29 is 14.7 Å². The molecule has 1 aromatic heterocycles. The van der Waals surface area contributed by atoms with Crippen LogP contribution in [0.15, 0.2) is 6.20 Å². The fourth-order valence-electron chi connectivity index (χ4n) is 1.44. The fourth-order valence-corrected chi connectivity index (χ4v) is 1.44. The third-order valence-electron chi connectivity index (χ3n) is 2.35. The van der Waals surface area contributed by atoms with Crippen molar-refractivity contribution >= 4 is 17.6 Å². The Morgan fingerprint density at radius 2 is 2.12 bits per heavy atom. The molecule has 0 atom stereocenters. The average molecular weight is 239 g/mol. The van der Waals surface area contributed by atoms with E-state index < -0.39 is 5.97 Å². The monoisotopic (exact) mass is 239 g/mol. The number of aromatic carboxylic acids is 1. The summed E-state index contributed by atoms with van der Waals surface area (Å²) in [5.41, 5.74) is 0.961. The number of aryl methyl sites for hydroxylation is 1. The van der Waals surface area contributed by atoms with E-state index in [0.717, 1.165) is 0 Å². The number of hydrogen-bond acceptors (Lipinski definition) is 3. The van der Waals surface area contributed by atoms with Crippen LogP contribution in [-0.4, -0.2) is 47.5 Å². The lowest BCUT2D eigenvalue weighted by molar-refractivity contribution is -0.116. The maximum atomic E-state index is 11.6. The molecule has 0 aliphatic rings. The highest BCUT2D eigenvalue weighted by molar-refractivity contribution is 6.01. The summed E-state index contributed by atoms with van der Waals surface area (Å²) >= 11 is 0. The highest BCUT2D eigenvalue weighted by Crippen LogP contribution is 2.19. The van der Waals surface area contributed by atoms with Crippen LogP contribution in [0.2, 0.25) is 0 Å². The molecule has 0 saturated carbocycles. The number of aromatic amines is 1. The Bertz CT molecular complexity index is 424. The van der Waals surface area contributed by atoms with Gasteiger partial charge in [0.1, 0.15) is 5.56 Å². The second-order valence-corrected chi connectivity index (χ2v) is 4.11. The first-order valence-corrected chi connectivity index (χ1v) is 5.27. The Labute approximate surface area is 99.6 Å². The molecule has 3 N–H and O–H groups in total. The molecular weight excluding hydrogens is 222 g/mol. The van der Waals surface area contributed by atoms with Gasteiger partial charge >= 0.3 is 5.97 Å². The first-order valence-electron chi connectivity index (χ1n) is 5.27. The summed E-state index contributed by atoms with van der Waals surface area (Å²) < 4.78 is 0. The zero-order valence-corrected chi connectivity index (χ0v) is 10.2. The number of carboxylic acids is 1. The number of carboxylic acid groups (broad SMARTS) is 1. The van der Waals surface area contributed by atoms with E-state index in [0.29, 0.717) is 24.3 Å². The van der Waals surface area contributed by atoms with Crippen molar-refractivity contribution in [2.45, 2.75) is 13.3 Å². The molecule has 17 heavy (non-hydrogen) atoms. The van der Waals surface area contributed by atoms with E-state index in [1.165, 1.54) is 6.20 Å². The van der Waals surface area contributed by atoms with Crippen LogP contribution in [0.5, 0.6) is 0 Å². The van der Waals surface area contributed by atoms with Gasteiger partial charge in [-0.1, -0.05) is 0 Å². The largest absolute Gasteiger partial charge is 0.478 e. The summed E-state index contributed by atoms with van der Waals surface area (Å²) in [5.74, 6) is -1.24. The Morgan fingerprint density at radius 1 is 1.47 bits per heavy atom. The Kier molecular flexibility index (Phi) is 4.28. The van der Waals surface area contributed by atoms with Gasteiger partial charge in [-0.25, -0.2) is 4.79 Å². The predicted molar refractivity (Wildman–Crippen MR) is 64.3 cm³/mol. The molecule has 0 fully saturated rings. The third kappa shape index (κ3) is 3.60. The van der Waals surface area contributed by atoms with Crippen LogP contribution in [0.4, 0.5) is 5.69 Å². The molecule has 1 rings (SSSR count). The summed E-state index contributed by atoms with van der Waals surface area (Å²) in [6.07, 6.45) is 1.82. The third-order valence-corrected chi connectivity index (χ3v) is 2.35. The van der Waals surface area contributed by atoms with Gasteiger partial charge in [0.05, 0.1) is 5.69 Å². The van der Waals surface area contributed by atoms with Crippen LogP contribution in [0, 0.1) is 6.92 Å². The van der Waals surface area contributed by atoms with Gasteiger partial charge in [-0.05, 0) is 21.0 Å². The number of nitrogens with one attached hydrogen (secondary N) is 2. The SMILES string of the molecule is Cc1[nH]cc(NC(=O)CCN(C)C)c1C(=O)O. The Morgan fingerprint density at radius 3 is 2.65 bits per heavy atom. The molecule has 1 heterocycles. The quantitative estimate of drug-likeness (QED) is 0.713. The lowest BCUT2D eigenvalue weighted by atomic mass is 10.2. The molecular formula is C11H17N3O3. The molecule has 0 unspecified atom stereocenters. The lowest BCUT2D eigenvalue weighted by Crippen LogP contribution is -2.21. The standard InChI is InChI=1S/C11H17N3O3/c1-7-10(11(16)17)8(6-12-7)13-9(15)4-5-14(2)3/h6,12H,4-5H2,1-3H3,(H,13,15)(H,16,17). The molecule has 6 nitrogen and oxygen atoms in total. The van der Waals surface area contributed by atoms with Crippen molar-refractivity contribution in [2.24, 2.45) is 0 Å². The van der Waals surface area contributed by atoms with Gasteiger partial charge in [-0.2, -0.15) is 0 Å². The molecule has 0 aromatic carbocycles. The number of carbonyl (C=O) groups is 2. The molecule has 0 saturated heterocycles. The smallest absolute Gasteiger partial charge is 0.339 e. The molecule has 1 aromatic rings. The second-order valence-electron chi connectivity index (χ2n) is 4.11. The van der Waals surface area contributed by atoms with E-state index >= 15 is 0 Å². The molecule has 94 valence electrons. The van der Waals surface area contributed by atoms with Gasteiger partial charge in [0.25, 0.3) is 0 Å². The minimum atomic E-state index is -1.05. The van der Waals surface area contributed by atoms with Crippen LogP contribution in [-0.2, 0) is 4.79 Å². The van der Waals surface area contributed by atoms with Crippen molar-refractivity contribution in [3.8, 4) is 0 Å². The molecule has 0 bridgehead atoms. The predicted octanol–water partition coefficient (Wildman–Crippen LogP) is 0.912. The fraction of sp³-hybridized carbons (Fsp3) is 0.455. The molecule has 6 heteroatoms. The van der Waals surface area contributed by atoms with Gasteiger partial charge in [-0.15, -0.1) is 0 Å². The maximum absolute atomic E-state index is 11.6. The summed E-state index contributed by atoms with van der Waals surface area (Å²) in [6, 6.07) is 0. The van der Waals surface area contributed by atoms with Crippen LogP contribution in [0.1, 0.15) is 22.5 Å². The molecule has 0 spiro atoms. The first kappa shape index (κ1) is 13.2.